The molecule has 1 amide bonds. The first-order valence-electron chi connectivity index (χ1n) is 18.6. The number of likely N-dealkylation sites (tertiary alicyclic amines) is 1. The van der Waals surface area contributed by atoms with Crippen molar-refractivity contribution in [3.63, 3.8) is 0 Å². The van der Waals surface area contributed by atoms with Crippen molar-refractivity contribution in [2.24, 2.45) is 0 Å². The molecule has 0 radical (unpaired) electrons. The summed E-state index contributed by atoms with van der Waals surface area (Å²) in [6.07, 6.45) is -10.9. The van der Waals surface area contributed by atoms with Gasteiger partial charge in [-0.2, -0.15) is 26.3 Å². The number of carbonyl (C=O) groups excluding carboxylic acids is 3. The number of nitrogens with zero attached hydrogens (tertiary/aromatic N) is 3. The zero-order valence-electron chi connectivity index (χ0n) is 32.2. The molecule has 0 saturated carbocycles. The van der Waals surface area contributed by atoms with Crippen LogP contribution in [0.3, 0.4) is 0 Å². The molecule has 59 heavy (non-hydrogen) atoms. The van der Waals surface area contributed by atoms with E-state index in [4.69, 9.17) is 14.2 Å². The number of rotatable bonds is 12. The van der Waals surface area contributed by atoms with Gasteiger partial charge in [-0.05, 0) is 68.5 Å². The molecule has 2 N–H and O–H groups in total. The molecule has 2 fully saturated rings. The van der Waals surface area contributed by atoms with Crippen LogP contribution in [-0.4, -0.2) is 108 Å². The van der Waals surface area contributed by atoms with E-state index in [1.807, 2.05) is 37.8 Å². The predicted octanol–water partition coefficient (Wildman–Crippen LogP) is 5.70. The topological polar surface area (TPSA) is 152 Å². The van der Waals surface area contributed by atoms with Crippen molar-refractivity contribution in [1.82, 2.24) is 25.1 Å². The molecule has 4 heterocycles. The van der Waals surface area contributed by atoms with E-state index in [0.29, 0.717) is 44.3 Å². The Morgan fingerprint density at radius 1 is 0.966 bits per heavy atom. The molecule has 2 aromatic carbocycles. The molecular formula is C39H41F6N5O8S. The lowest BCUT2D eigenvalue weighted by molar-refractivity contribution is -0.205. The highest BCUT2D eigenvalue weighted by Crippen LogP contribution is 2.35. The fraction of sp³-hybridized carbons (Fsp3) is 0.462. The van der Waals surface area contributed by atoms with Crippen LogP contribution in [0.25, 0.3) is 10.9 Å². The number of esters is 2. The summed E-state index contributed by atoms with van der Waals surface area (Å²) in [6, 6.07) is 7.66. The Morgan fingerprint density at radius 3 is 2.37 bits per heavy atom. The van der Waals surface area contributed by atoms with Crippen LogP contribution in [0.5, 0.6) is 11.5 Å². The lowest BCUT2D eigenvalue weighted by Gasteiger charge is -2.47. The molecule has 0 aliphatic carbocycles. The van der Waals surface area contributed by atoms with E-state index in [1.165, 1.54) is 11.3 Å². The summed E-state index contributed by atoms with van der Waals surface area (Å²) in [5.41, 5.74) is 1.06. The molecule has 13 nitrogen and oxygen atoms in total. The molecule has 0 bridgehead atoms. The highest BCUT2D eigenvalue weighted by molar-refractivity contribution is 7.09. The molecule has 1 atom stereocenters. The minimum absolute atomic E-state index is 0.0745. The fourth-order valence-corrected chi connectivity index (χ4v) is 7.72. The van der Waals surface area contributed by atoms with Crippen molar-refractivity contribution >= 4 is 40.1 Å². The number of pyridine rings is 1. The van der Waals surface area contributed by atoms with Gasteiger partial charge in [0.25, 0.3) is 5.91 Å². The molecule has 2 aromatic heterocycles. The number of nitrogens with one attached hydrogen (secondary N) is 2. The molecule has 318 valence electrons. The van der Waals surface area contributed by atoms with E-state index < -0.39 is 59.4 Å². The molecule has 1 spiro atoms. The number of H-pyrrole nitrogens is 1. The van der Waals surface area contributed by atoms with E-state index in [-0.39, 0.29) is 23.4 Å². The number of benzene rings is 2. The number of thiazole rings is 1. The maximum atomic E-state index is 13.4. The van der Waals surface area contributed by atoms with Crippen LogP contribution in [0.4, 0.5) is 26.3 Å². The van der Waals surface area contributed by atoms with Gasteiger partial charge in [-0.3, -0.25) is 14.5 Å². The Labute approximate surface area is 337 Å². The summed E-state index contributed by atoms with van der Waals surface area (Å²) in [4.78, 5) is 59.4. The number of amides is 1. The van der Waals surface area contributed by atoms with Crippen LogP contribution in [0.1, 0.15) is 56.7 Å². The number of aromatic nitrogens is 2. The lowest BCUT2D eigenvalue weighted by Crippen LogP contribution is -2.58. The number of aromatic amines is 1. The van der Waals surface area contributed by atoms with Gasteiger partial charge >= 0.3 is 24.3 Å². The molecule has 0 unspecified atom stereocenters. The van der Waals surface area contributed by atoms with Crippen molar-refractivity contribution < 1.29 is 59.7 Å². The Morgan fingerprint density at radius 2 is 1.69 bits per heavy atom. The van der Waals surface area contributed by atoms with Gasteiger partial charge in [0.05, 0.1) is 29.3 Å². The number of piperidine rings is 1. The van der Waals surface area contributed by atoms with Crippen LogP contribution in [-0.2, 0) is 25.6 Å². The number of alkyl halides is 6. The van der Waals surface area contributed by atoms with Gasteiger partial charge in [0.15, 0.2) is 5.75 Å². The molecule has 2 aliphatic rings. The summed E-state index contributed by atoms with van der Waals surface area (Å²) in [6.45, 7) is 9.37. The number of aryl methyl sites for hydroxylation is 3. The Balaban J connectivity index is 1.06. The van der Waals surface area contributed by atoms with Crippen LogP contribution in [0.2, 0.25) is 0 Å². The van der Waals surface area contributed by atoms with E-state index in [1.54, 1.807) is 5.38 Å². The van der Waals surface area contributed by atoms with Gasteiger partial charge < -0.3 is 34.1 Å². The predicted molar refractivity (Wildman–Crippen MR) is 201 cm³/mol. The normalized spacial score (nSPS) is 16.6. The summed E-state index contributed by atoms with van der Waals surface area (Å²) >= 11 is 1.45. The Bertz CT molecular complexity index is 2250. The molecule has 2 saturated heterocycles. The molecule has 20 heteroatoms. The third kappa shape index (κ3) is 10.6. The second-order valence-electron chi connectivity index (χ2n) is 14.4. The number of halogens is 6. The molecular weight excluding hydrogens is 813 g/mol. The second-order valence-corrected chi connectivity index (χ2v) is 15.5. The van der Waals surface area contributed by atoms with Crippen molar-refractivity contribution in [3.8, 4) is 11.5 Å². The van der Waals surface area contributed by atoms with Gasteiger partial charge in [0.2, 0.25) is 5.56 Å². The first-order valence-corrected chi connectivity index (χ1v) is 19.4. The highest BCUT2D eigenvalue weighted by atomic mass is 32.1. The number of carbonyl (C=O) groups is 3. The maximum Gasteiger partial charge on any atom is 0.491 e. The standard InChI is InChI=1S/C39H41F6N5O8S/c1-22-17-30(55-14-12-49-10-8-37(9-11-49)21-50(13-15-56-37)34(52)28-20-59-24(3)47-28)23(2)16-25(22)18-46-19-31(58-36(54)39(43,44)45)26-4-6-29(57-35(53)38(40,41)42)33-27(26)5-7-32(51)48-33/h4-7,16-17,20,31,46H,8-15,18-19,21H2,1-3H3,(H,48,51)/t31-/m0/s1. The minimum Gasteiger partial charge on any atom is -0.492 e. The van der Waals surface area contributed by atoms with Crippen molar-refractivity contribution in [3.05, 3.63) is 85.1 Å². The van der Waals surface area contributed by atoms with Crippen LogP contribution < -0.4 is 20.3 Å². The summed E-state index contributed by atoms with van der Waals surface area (Å²) in [5.74, 6) is -5.25. The third-order valence-electron chi connectivity index (χ3n) is 10.2. The number of fused-ring (bicyclic) bond motifs is 1. The van der Waals surface area contributed by atoms with Crippen LogP contribution >= 0.6 is 11.3 Å². The van der Waals surface area contributed by atoms with Gasteiger partial charge in [0.1, 0.15) is 24.2 Å². The maximum absolute atomic E-state index is 13.4. The molecule has 4 aromatic rings. The van der Waals surface area contributed by atoms with E-state index in [0.717, 1.165) is 71.9 Å². The minimum atomic E-state index is -5.38. The zero-order chi connectivity index (χ0) is 42.7. The van der Waals surface area contributed by atoms with Crippen molar-refractivity contribution in [2.75, 3.05) is 52.5 Å². The van der Waals surface area contributed by atoms with Gasteiger partial charge in [0, 0.05) is 61.7 Å². The third-order valence-corrected chi connectivity index (χ3v) is 11.0. The van der Waals surface area contributed by atoms with Gasteiger partial charge in [-0.25, -0.2) is 14.6 Å². The van der Waals surface area contributed by atoms with E-state index >= 15 is 0 Å². The first-order chi connectivity index (χ1) is 27.8. The average molecular weight is 854 g/mol. The fourth-order valence-electron chi connectivity index (χ4n) is 7.13. The number of hydrogen-bond acceptors (Lipinski definition) is 12. The molecule has 6 rings (SSSR count). The Kier molecular flexibility index (Phi) is 13.0. The van der Waals surface area contributed by atoms with Crippen molar-refractivity contribution in [2.45, 2.75) is 64.2 Å². The second kappa shape index (κ2) is 17.7. The van der Waals surface area contributed by atoms with Gasteiger partial charge in [-0.15, -0.1) is 11.3 Å². The highest BCUT2D eigenvalue weighted by Gasteiger charge is 2.44. The number of hydrogen-bond donors (Lipinski definition) is 2. The summed E-state index contributed by atoms with van der Waals surface area (Å²) in [7, 11) is 0. The smallest absolute Gasteiger partial charge is 0.491 e. The Hall–Kier alpha value is -5.05. The van der Waals surface area contributed by atoms with Crippen molar-refractivity contribution in [1.29, 1.82) is 0 Å². The zero-order valence-corrected chi connectivity index (χ0v) is 33.0. The lowest BCUT2D eigenvalue weighted by atomic mass is 9.89. The van der Waals surface area contributed by atoms with E-state index in [9.17, 15) is 45.5 Å². The van der Waals surface area contributed by atoms with Crippen LogP contribution in [0.15, 0.2) is 46.6 Å². The van der Waals surface area contributed by atoms with Gasteiger partial charge in [-0.1, -0.05) is 12.1 Å². The number of ether oxygens (including phenoxy) is 4. The summed E-state index contributed by atoms with van der Waals surface area (Å²) < 4.78 is 100. The SMILES string of the molecule is Cc1nc(C(=O)N2CCOC3(CCN(CCOc4cc(C)c(CNC[C@H](OC(=O)C(F)(F)F)c5ccc(OC(=O)C(F)(F)F)c6[nH]c(=O)ccc56)cc4C)CC3)C2)cs1. The first kappa shape index (κ1) is 43.5. The van der Waals surface area contributed by atoms with Crippen LogP contribution in [0, 0.1) is 20.8 Å². The molecule has 2 aliphatic heterocycles. The largest absolute Gasteiger partial charge is 0.492 e. The van der Waals surface area contributed by atoms with E-state index in [2.05, 4.69) is 24.9 Å². The quantitative estimate of drug-likeness (QED) is 0.103. The number of morpholine rings is 1. The monoisotopic (exact) mass is 853 g/mol. The summed E-state index contributed by atoms with van der Waals surface area (Å²) in [5, 5.41) is 5.49. The average Bonchev–Trinajstić information content (AvgIpc) is 3.62.